The SMILES string of the molecule is CC1(C)CCC(NCCCN)CC1. The number of hydrogen-bond donors (Lipinski definition) is 2. The van der Waals surface area contributed by atoms with Crippen LogP contribution in [0.2, 0.25) is 0 Å². The van der Waals surface area contributed by atoms with Gasteiger partial charge in [0, 0.05) is 6.04 Å². The van der Waals surface area contributed by atoms with E-state index in [4.69, 9.17) is 5.73 Å². The summed E-state index contributed by atoms with van der Waals surface area (Å²) < 4.78 is 0. The molecule has 1 rings (SSSR count). The van der Waals surface area contributed by atoms with E-state index in [-0.39, 0.29) is 0 Å². The van der Waals surface area contributed by atoms with Crippen molar-refractivity contribution in [2.75, 3.05) is 13.1 Å². The van der Waals surface area contributed by atoms with Gasteiger partial charge in [-0.05, 0) is 50.6 Å². The highest BCUT2D eigenvalue weighted by molar-refractivity contribution is 4.81. The van der Waals surface area contributed by atoms with Gasteiger partial charge in [0.25, 0.3) is 0 Å². The van der Waals surface area contributed by atoms with Gasteiger partial charge in [0.2, 0.25) is 0 Å². The highest BCUT2D eigenvalue weighted by Gasteiger charge is 2.25. The Morgan fingerprint density at radius 3 is 2.46 bits per heavy atom. The highest BCUT2D eigenvalue weighted by Crippen LogP contribution is 2.34. The molecule has 2 nitrogen and oxygen atoms in total. The van der Waals surface area contributed by atoms with Crippen molar-refractivity contribution in [3.63, 3.8) is 0 Å². The van der Waals surface area contributed by atoms with Crippen molar-refractivity contribution in [3.8, 4) is 0 Å². The quantitative estimate of drug-likeness (QED) is 0.655. The maximum atomic E-state index is 5.45. The zero-order valence-corrected chi connectivity index (χ0v) is 9.10. The molecule has 0 atom stereocenters. The van der Waals surface area contributed by atoms with Crippen LogP contribution in [0.15, 0.2) is 0 Å². The molecule has 0 unspecified atom stereocenters. The van der Waals surface area contributed by atoms with Crippen molar-refractivity contribution in [2.45, 2.75) is 52.0 Å². The average Bonchev–Trinajstić information content (AvgIpc) is 2.08. The van der Waals surface area contributed by atoms with Crippen LogP contribution in [0.1, 0.15) is 46.0 Å². The summed E-state index contributed by atoms with van der Waals surface area (Å²) in [5, 5.41) is 3.58. The van der Waals surface area contributed by atoms with Crippen molar-refractivity contribution in [2.24, 2.45) is 11.1 Å². The molecule has 0 radical (unpaired) electrons. The van der Waals surface area contributed by atoms with Crippen LogP contribution in [0.5, 0.6) is 0 Å². The minimum Gasteiger partial charge on any atom is -0.330 e. The van der Waals surface area contributed by atoms with Gasteiger partial charge >= 0.3 is 0 Å². The zero-order valence-electron chi connectivity index (χ0n) is 9.10. The third-order valence-electron chi connectivity index (χ3n) is 3.15. The lowest BCUT2D eigenvalue weighted by Crippen LogP contribution is -2.36. The molecule has 2 heteroatoms. The van der Waals surface area contributed by atoms with Gasteiger partial charge in [0.05, 0.1) is 0 Å². The fourth-order valence-corrected chi connectivity index (χ4v) is 2.01. The summed E-state index contributed by atoms with van der Waals surface area (Å²) in [6, 6.07) is 0.763. The van der Waals surface area contributed by atoms with Crippen LogP contribution in [0.4, 0.5) is 0 Å². The summed E-state index contributed by atoms with van der Waals surface area (Å²) in [6.45, 7) is 6.67. The van der Waals surface area contributed by atoms with Gasteiger partial charge in [-0.25, -0.2) is 0 Å². The van der Waals surface area contributed by atoms with Crippen LogP contribution < -0.4 is 11.1 Å². The molecule has 0 saturated heterocycles. The second kappa shape index (κ2) is 4.97. The van der Waals surface area contributed by atoms with E-state index in [1.807, 2.05) is 0 Å². The smallest absolute Gasteiger partial charge is 0.00674 e. The third kappa shape index (κ3) is 4.10. The minimum absolute atomic E-state index is 0.589. The number of nitrogens with two attached hydrogens (primary N) is 1. The first-order valence-electron chi connectivity index (χ1n) is 5.57. The predicted molar refractivity (Wildman–Crippen MR) is 57.7 cm³/mol. The zero-order chi connectivity index (χ0) is 9.73. The number of hydrogen-bond acceptors (Lipinski definition) is 2. The van der Waals surface area contributed by atoms with Gasteiger partial charge in [0.1, 0.15) is 0 Å². The van der Waals surface area contributed by atoms with E-state index < -0.39 is 0 Å². The Kier molecular flexibility index (Phi) is 4.20. The molecule has 1 saturated carbocycles. The molecule has 0 bridgehead atoms. The van der Waals surface area contributed by atoms with Crippen LogP contribution in [-0.2, 0) is 0 Å². The first-order valence-corrected chi connectivity index (χ1v) is 5.57. The fourth-order valence-electron chi connectivity index (χ4n) is 2.01. The average molecular weight is 184 g/mol. The number of rotatable bonds is 4. The van der Waals surface area contributed by atoms with Crippen LogP contribution in [0, 0.1) is 5.41 Å². The summed E-state index contributed by atoms with van der Waals surface area (Å²) in [7, 11) is 0. The molecule has 1 aliphatic rings. The first-order chi connectivity index (χ1) is 6.14. The fraction of sp³-hybridized carbons (Fsp3) is 1.00. The van der Waals surface area contributed by atoms with E-state index in [9.17, 15) is 0 Å². The minimum atomic E-state index is 0.589. The van der Waals surface area contributed by atoms with Gasteiger partial charge in [-0.3, -0.25) is 0 Å². The first kappa shape index (κ1) is 11.0. The Morgan fingerprint density at radius 1 is 1.31 bits per heavy atom. The Bertz CT molecular complexity index is 133. The predicted octanol–water partition coefficient (Wildman–Crippen LogP) is 1.89. The van der Waals surface area contributed by atoms with Crippen LogP contribution in [0.3, 0.4) is 0 Å². The van der Waals surface area contributed by atoms with Crippen molar-refractivity contribution in [1.29, 1.82) is 0 Å². The second-order valence-electron chi connectivity index (χ2n) is 5.03. The molecule has 0 aromatic heterocycles. The number of nitrogens with one attached hydrogen (secondary N) is 1. The standard InChI is InChI=1S/C11H24N2/c1-11(2)6-4-10(5-7-11)13-9-3-8-12/h10,13H,3-9,12H2,1-2H3. The monoisotopic (exact) mass is 184 g/mol. The molecule has 13 heavy (non-hydrogen) atoms. The lowest BCUT2D eigenvalue weighted by Gasteiger charge is -2.34. The summed E-state index contributed by atoms with van der Waals surface area (Å²) in [6.07, 6.45) is 6.54. The van der Waals surface area contributed by atoms with Gasteiger partial charge in [-0.15, -0.1) is 0 Å². The molecule has 0 aromatic rings. The molecule has 0 heterocycles. The molecule has 3 N–H and O–H groups in total. The molecule has 0 amide bonds. The normalized spacial score (nSPS) is 23.3. The highest BCUT2D eigenvalue weighted by atomic mass is 14.9. The molecule has 1 aliphatic carbocycles. The van der Waals surface area contributed by atoms with Crippen molar-refractivity contribution in [3.05, 3.63) is 0 Å². The van der Waals surface area contributed by atoms with Crippen molar-refractivity contribution in [1.82, 2.24) is 5.32 Å². The van der Waals surface area contributed by atoms with Gasteiger partial charge in [-0.2, -0.15) is 0 Å². The summed E-state index contributed by atoms with van der Waals surface area (Å²) in [5.41, 5.74) is 6.04. The molecule has 78 valence electrons. The van der Waals surface area contributed by atoms with Crippen LogP contribution in [-0.4, -0.2) is 19.1 Å². The van der Waals surface area contributed by atoms with Gasteiger partial charge < -0.3 is 11.1 Å². The molecule has 0 aliphatic heterocycles. The van der Waals surface area contributed by atoms with Crippen molar-refractivity contribution >= 4 is 0 Å². The molecular formula is C11H24N2. The lowest BCUT2D eigenvalue weighted by molar-refractivity contribution is 0.207. The van der Waals surface area contributed by atoms with Gasteiger partial charge in [-0.1, -0.05) is 13.8 Å². The Morgan fingerprint density at radius 2 is 1.92 bits per heavy atom. The maximum Gasteiger partial charge on any atom is 0.00674 e. The summed E-state index contributed by atoms with van der Waals surface area (Å²) >= 11 is 0. The molecule has 1 fully saturated rings. The molecule has 0 aromatic carbocycles. The Labute approximate surface area is 82.3 Å². The van der Waals surface area contributed by atoms with Crippen LogP contribution in [0.25, 0.3) is 0 Å². The van der Waals surface area contributed by atoms with E-state index in [1.54, 1.807) is 0 Å². The summed E-state index contributed by atoms with van der Waals surface area (Å²) in [5.74, 6) is 0. The van der Waals surface area contributed by atoms with E-state index >= 15 is 0 Å². The van der Waals surface area contributed by atoms with E-state index in [0.29, 0.717) is 5.41 Å². The van der Waals surface area contributed by atoms with E-state index in [0.717, 1.165) is 25.6 Å². The Hall–Kier alpha value is -0.0800. The van der Waals surface area contributed by atoms with Gasteiger partial charge in [0.15, 0.2) is 0 Å². The largest absolute Gasteiger partial charge is 0.330 e. The van der Waals surface area contributed by atoms with E-state index in [2.05, 4.69) is 19.2 Å². The Balaban J connectivity index is 2.11. The lowest BCUT2D eigenvalue weighted by atomic mass is 9.75. The topological polar surface area (TPSA) is 38.0 Å². The molecular weight excluding hydrogens is 160 g/mol. The van der Waals surface area contributed by atoms with Crippen LogP contribution >= 0.6 is 0 Å². The third-order valence-corrected chi connectivity index (χ3v) is 3.15. The van der Waals surface area contributed by atoms with E-state index in [1.165, 1.54) is 25.7 Å². The summed E-state index contributed by atoms with van der Waals surface area (Å²) in [4.78, 5) is 0. The van der Waals surface area contributed by atoms with Crippen molar-refractivity contribution < 1.29 is 0 Å². The molecule has 0 spiro atoms. The second-order valence-corrected chi connectivity index (χ2v) is 5.03. The maximum absolute atomic E-state index is 5.45.